The van der Waals surface area contributed by atoms with Crippen molar-refractivity contribution in [3.8, 4) is 0 Å². The van der Waals surface area contributed by atoms with Crippen molar-refractivity contribution in [1.82, 2.24) is 15.3 Å². The van der Waals surface area contributed by atoms with Gasteiger partial charge in [-0.25, -0.2) is 4.98 Å². The maximum atomic E-state index is 6.26. The third-order valence-corrected chi connectivity index (χ3v) is 6.70. The predicted octanol–water partition coefficient (Wildman–Crippen LogP) is 6.98. The standard InChI is InChI=1S/C23H28Cl2N4/c1-14-11-19-20(12-15(14)13-26-16-7-9-23(2,3)10-8-16)28-22(27-19)29-21-17(24)5-4-6-18(21)25/h4-6,11-12,16,26H,7-10,13H2,1-3H3,(H2,27,28,29). The van der Waals surface area contributed by atoms with Crippen molar-refractivity contribution in [2.24, 2.45) is 5.41 Å². The van der Waals surface area contributed by atoms with Gasteiger partial charge in [-0.05, 0) is 73.4 Å². The lowest BCUT2D eigenvalue weighted by molar-refractivity contribution is 0.206. The molecule has 1 heterocycles. The van der Waals surface area contributed by atoms with Crippen LogP contribution in [0.5, 0.6) is 0 Å². The number of nitrogens with zero attached hydrogens (tertiary/aromatic N) is 1. The molecule has 0 saturated heterocycles. The van der Waals surface area contributed by atoms with Gasteiger partial charge >= 0.3 is 0 Å². The normalized spacial score (nSPS) is 17.0. The Kier molecular flexibility index (Phi) is 5.78. The lowest BCUT2D eigenvalue weighted by atomic mass is 9.75. The molecule has 3 N–H and O–H groups in total. The molecule has 4 rings (SSSR count). The van der Waals surface area contributed by atoms with Crippen molar-refractivity contribution in [2.75, 3.05) is 5.32 Å². The molecule has 4 nitrogen and oxygen atoms in total. The first kappa shape index (κ1) is 20.5. The van der Waals surface area contributed by atoms with Crippen molar-refractivity contribution >= 4 is 45.9 Å². The molecule has 1 saturated carbocycles. The average Bonchev–Trinajstić information content (AvgIpc) is 3.05. The van der Waals surface area contributed by atoms with E-state index in [0.29, 0.717) is 33.1 Å². The third-order valence-electron chi connectivity index (χ3n) is 6.07. The van der Waals surface area contributed by atoms with Gasteiger partial charge in [-0.15, -0.1) is 0 Å². The Hall–Kier alpha value is -1.75. The van der Waals surface area contributed by atoms with E-state index in [1.54, 1.807) is 12.1 Å². The van der Waals surface area contributed by atoms with Crippen LogP contribution >= 0.6 is 23.2 Å². The van der Waals surface area contributed by atoms with Gasteiger partial charge in [0.25, 0.3) is 0 Å². The van der Waals surface area contributed by atoms with Crippen LogP contribution in [0.25, 0.3) is 11.0 Å². The lowest BCUT2D eigenvalue weighted by Crippen LogP contribution is -2.35. The number of halogens is 2. The molecule has 0 atom stereocenters. The molecule has 0 bridgehead atoms. The maximum absolute atomic E-state index is 6.26. The van der Waals surface area contributed by atoms with Crippen molar-refractivity contribution in [2.45, 2.75) is 59.0 Å². The highest BCUT2D eigenvalue weighted by Crippen LogP contribution is 2.35. The number of anilines is 2. The number of nitrogens with one attached hydrogen (secondary N) is 3. The van der Waals surface area contributed by atoms with Crippen LogP contribution in [0.3, 0.4) is 0 Å². The van der Waals surface area contributed by atoms with Crippen LogP contribution in [0.4, 0.5) is 11.6 Å². The van der Waals surface area contributed by atoms with Gasteiger partial charge in [0.05, 0.1) is 26.8 Å². The van der Waals surface area contributed by atoms with Gasteiger partial charge in [-0.2, -0.15) is 0 Å². The fourth-order valence-corrected chi connectivity index (χ4v) is 4.54. The number of aryl methyl sites for hydroxylation is 1. The number of hydrogen-bond donors (Lipinski definition) is 3. The number of aromatic nitrogens is 2. The van der Waals surface area contributed by atoms with E-state index in [1.807, 2.05) is 6.07 Å². The number of rotatable bonds is 5. The van der Waals surface area contributed by atoms with E-state index in [-0.39, 0.29) is 0 Å². The zero-order valence-electron chi connectivity index (χ0n) is 17.2. The number of imidazole rings is 1. The molecule has 0 amide bonds. The van der Waals surface area contributed by atoms with Crippen molar-refractivity contribution in [3.63, 3.8) is 0 Å². The molecule has 0 aliphatic heterocycles. The minimum atomic E-state index is 0.496. The topological polar surface area (TPSA) is 52.7 Å². The molecular weight excluding hydrogens is 403 g/mol. The largest absolute Gasteiger partial charge is 0.324 e. The molecule has 0 spiro atoms. The van der Waals surface area contributed by atoms with Gasteiger partial charge in [0, 0.05) is 12.6 Å². The second-order valence-electron chi connectivity index (χ2n) is 8.92. The SMILES string of the molecule is Cc1cc2[nH]c(Nc3c(Cl)cccc3Cl)nc2cc1CNC1CCC(C)(C)CC1. The monoisotopic (exact) mass is 430 g/mol. The predicted molar refractivity (Wildman–Crippen MR) is 123 cm³/mol. The molecule has 6 heteroatoms. The van der Waals surface area contributed by atoms with Gasteiger partial charge in [-0.3, -0.25) is 0 Å². The van der Waals surface area contributed by atoms with Crippen LogP contribution < -0.4 is 10.6 Å². The summed E-state index contributed by atoms with van der Waals surface area (Å²) >= 11 is 12.5. The van der Waals surface area contributed by atoms with E-state index in [4.69, 9.17) is 28.2 Å². The number of H-pyrrole nitrogens is 1. The van der Waals surface area contributed by atoms with Gasteiger partial charge in [-0.1, -0.05) is 43.1 Å². The highest BCUT2D eigenvalue weighted by molar-refractivity contribution is 6.39. The Bertz CT molecular complexity index is 995. The Labute approximate surface area is 182 Å². The first-order chi connectivity index (χ1) is 13.8. The minimum absolute atomic E-state index is 0.496. The second kappa shape index (κ2) is 8.17. The summed E-state index contributed by atoms with van der Waals surface area (Å²) in [6, 6.07) is 10.4. The highest BCUT2D eigenvalue weighted by atomic mass is 35.5. The minimum Gasteiger partial charge on any atom is -0.324 e. The quantitative estimate of drug-likeness (QED) is 0.409. The maximum Gasteiger partial charge on any atom is 0.205 e. The number of benzene rings is 2. The Morgan fingerprint density at radius 1 is 1.14 bits per heavy atom. The van der Waals surface area contributed by atoms with Crippen molar-refractivity contribution < 1.29 is 0 Å². The van der Waals surface area contributed by atoms with E-state index < -0.39 is 0 Å². The van der Waals surface area contributed by atoms with Gasteiger partial charge in [0.2, 0.25) is 5.95 Å². The zero-order chi connectivity index (χ0) is 20.6. The second-order valence-corrected chi connectivity index (χ2v) is 9.74. The summed E-state index contributed by atoms with van der Waals surface area (Å²) in [5.74, 6) is 0.633. The summed E-state index contributed by atoms with van der Waals surface area (Å²) in [6.45, 7) is 7.78. The smallest absolute Gasteiger partial charge is 0.205 e. The van der Waals surface area contributed by atoms with Crippen LogP contribution in [0.1, 0.15) is 50.7 Å². The van der Waals surface area contributed by atoms with Gasteiger partial charge in [0.1, 0.15) is 0 Å². The highest BCUT2D eigenvalue weighted by Gasteiger charge is 2.26. The van der Waals surface area contributed by atoms with E-state index in [0.717, 1.165) is 17.6 Å². The molecule has 0 radical (unpaired) electrons. The average molecular weight is 431 g/mol. The molecule has 1 fully saturated rings. The molecule has 3 aromatic rings. The summed E-state index contributed by atoms with van der Waals surface area (Å²) < 4.78 is 0. The van der Waals surface area contributed by atoms with E-state index in [9.17, 15) is 0 Å². The van der Waals surface area contributed by atoms with Crippen LogP contribution in [0.2, 0.25) is 10.0 Å². The first-order valence-electron chi connectivity index (χ1n) is 10.2. The number of fused-ring (bicyclic) bond motifs is 1. The lowest BCUT2D eigenvalue weighted by Gasteiger charge is -2.34. The van der Waals surface area contributed by atoms with Gasteiger partial charge in [0.15, 0.2) is 0 Å². The zero-order valence-corrected chi connectivity index (χ0v) is 18.7. The summed E-state index contributed by atoms with van der Waals surface area (Å²) in [5.41, 5.74) is 5.63. The molecule has 29 heavy (non-hydrogen) atoms. The Balaban J connectivity index is 1.48. The molecule has 1 aliphatic rings. The molecule has 1 aliphatic carbocycles. The van der Waals surface area contributed by atoms with Crippen LogP contribution in [-0.4, -0.2) is 16.0 Å². The summed E-state index contributed by atoms with van der Waals surface area (Å²) in [4.78, 5) is 8.02. The molecular formula is C23H28Cl2N4. The summed E-state index contributed by atoms with van der Waals surface area (Å²) in [7, 11) is 0. The van der Waals surface area contributed by atoms with Crippen molar-refractivity contribution in [1.29, 1.82) is 0 Å². The fourth-order valence-electron chi connectivity index (χ4n) is 4.05. The fraction of sp³-hybridized carbons (Fsp3) is 0.435. The van der Waals surface area contributed by atoms with Crippen LogP contribution in [0, 0.1) is 12.3 Å². The summed E-state index contributed by atoms with van der Waals surface area (Å²) in [6.07, 6.45) is 5.09. The van der Waals surface area contributed by atoms with Crippen LogP contribution in [-0.2, 0) is 6.54 Å². The van der Waals surface area contributed by atoms with Crippen LogP contribution in [0.15, 0.2) is 30.3 Å². The Morgan fingerprint density at radius 3 is 2.52 bits per heavy atom. The molecule has 154 valence electrons. The van der Waals surface area contributed by atoms with Gasteiger partial charge < -0.3 is 15.6 Å². The molecule has 2 aromatic carbocycles. The molecule has 0 unspecified atom stereocenters. The van der Waals surface area contributed by atoms with E-state index >= 15 is 0 Å². The number of aromatic amines is 1. The first-order valence-corrected chi connectivity index (χ1v) is 11.0. The number of para-hydroxylation sites is 1. The van der Waals surface area contributed by atoms with E-state index in [1.165, 1.54) is 36.8 Å². The third kappa shape index (κ3) is 4.71. The van der Waals surface area contributed by atoms with Crippen molar-refractivity contribution in [3.05, 3.63) is 51.5 Å². The Morgan fingerprint density at radius 2 is 1.83 bits per heavy atom. The molecule has 1 aromatic heterocycles. The van der Waals surface area contributed by atoms with E-state index in [2.05, 4.69) is 48.5 Å². The summed E-state index contributed by atoms with van der Waals surface area (Å²) in [5, 5.41) is 8.10. The number of hydrogen-bond acceptors (Lipinski definition) is 3.